The van der Waals surface area contributed by atoms with E-state index in [4.69, 9.17) is 66.2 Å². The van der Waals surface area contributed by atoms with Crippen molar-refractivity contribution in [2.24, 2.45) is 0 Å². The first-order valence-electron chi connectivity index (χ1n) is 21.7. The highest BCUT2D eigenvalue weighted by Crippen LogP contribution is 2.62. The van der Waals surface area contributed by atoms with Crippen molar-refractivity contribution in [3.8, 4) is 17.2 Å². The number of Topliss-reactive ketones (excluding diaryl/α,β-unsaturated/α-hetero) is 3. The van der Waals surface area contributed by atoms with Crippen LogP contribution in [0.1, 0.15) is 85.2 Å². The number of nitrogens with one attached hydrogen (secondary N) is 3. The molecule has 18 nitrogen and oxygen atoms in total. The molecule has 0 spiro atoms. The Bertz CT molecular complexity index is 3150. The summed E-state index contributed by atoms with van der Waals surface area (Å²) >= 11 is 18.0. The minimum Gasteiger partial charge on any atom is -0.454 e. The number of benzene rings is 6. The molecule has 0 aromatic heterocycles. The molecule has 21 heteroatoms. The molecule has 3 amide bonds. The minimum atomic E-state index is -2.09. The van der Waals surface area contributed by atoms with Crippen LogP contribution in [-0.4, -0.2) is 50.4 Å². The van der Waals surface area contributed by atoms with E-state index in [0.717, 1.165) is 0 Å². The number of aliphatic hydroxyl groups is 3. The van der Waals surface area contributed by atoms with Crippen LogP contribution in [0.5, 0.6) is 17.2 Å². The third-order valence-electron chi connectivity index (χ3n) is 13.5. The van der Waals surface area contributed by atoms with Gasteiger partial charge >= 0.3 is 0 Å². The van der Waals surface area contributed by atoms with Gasteiger partial charge in [0.1, 0.15) is 17.2 Å². The Morgan fingerprint density at radius 2 is 0.681 bits per heavy atom. The highest BCUT2D eigenvalue weighted by atomic mass is 35.5. The van der Waals surface area contributed by atoms with Crippen molar-refractivity contribution in [2.45, 2.75) is 54.7 Å². The Morgan fingerprint density at radius 1 is 0.431 bits per heavy atom. The van der Waals surface area contributed by atoms with Crippen LogP contribution in [0.15, 0.2) is 109 Å². The number of nitrogen functional groups attached to an aromatic ring is 3. The maximum atomic E-state index is 13.2. The second-order valence-corrected chi connectivity index (χ2v) is 19.1. The van der Waals surface area contributed by atoms with Crippen LogP contribution >= 0.6 is 34.8 Å². The van der Waals surface area contributed by atoms with Crippen LogP contribution in [0.4, 0.5) is 17.1 Å². The van der Waals surface area contributed by atoms with Crippen molar-refractivity contribution in [2.75, 3.05) is 17.2 Å². The molecule has 3 aliphatic heterocycles. The molecule has 12 rings (SSSR count). The van der Waals surface area contributed by atoms with Gasteiger partial charge in [0, 0.05) is 86.3 Å². The zero-order valence-corrected chi connectivity index (χ0v) is 40.0. The topological polar surface area (TPSA) is 305 Å². The first-order valence-corrected chi connectivity index (χ1v) is 22.9. The van der Waals surface area contributed by atoms with E-state index in [-0.39, 0.29) is 67.7 Å². The molecule has 366 valence electrons. The van der Waals surface area contributed by atoms with Gasteiger partial charge in [-0.15, -0.1) is 0 Å². The fourth-order valence-electron chi connectivity index (χ4n) is 10.8. The lowest BCUT2D eigenvalue weighted by Gasteiger charge is -2.34. The average Bonchev–Trinajstić information content (AvgIpc) is 3.97. The molecule has 6 aromatic rings. The van der Waals surface area contributed by atoms with Crippen molar-refractivity contribution < 1.29 is 58.3 Å². The third-order valence-corrected chi connectivity index (χ3v) is 14.2. The Labute approximate surface area is 422 Å². The lowest BCUT2D eigenvalue weighted by atomic mass is 9.83. The third kappa shape index (κ3) is 6.07. The van der Waals surface area contributed by atoms with Crippen LogP contribution in [-0.2, 0) is 48.4 Å². The summed E-state index contributed by atoms with van der Waals surface area (Å²) in [6, 6.07) is 28.1. The number of hydrogen-bond acceptors (Lipinski definition) is 15. The molecule has 0 saturated heterocycles. The van der Waals surface area contributed by atoms with Crippen molar-refractivity contribution in [1.29, 1.82) is 0 Å². The van der Waals surface area contributed by atoms with Gasteiger partial charge < -0.3 is 62.7 Å². The van der Waals surface area contributed by atoms with Gasteiger partial charge in [-0.2, -0.15) is 0 Å². The Hall–Kier alpha value is -7.71. The second-order valence-electron chi connectivity index (χ2n) is 17.8. The van der Waals surface area contributed by atoms with E-state index in [2.05, 4.69) is 16.0 Å². The number of ketones is 3. The van der Waals surface area contributed by atoms with Crippen LogP contribution < -0.4 is 47.4 Å². The van der Waals surface area contributed by atoms with E-state index in [1.54, 1.807) is 91.0 Å². The predicted molar refractivity (Wildman–Crippen MR) is 260 cm³/mol. The van der Waals surface area contributed by atoms with Crippen molar-refractivity contribution in [3.05, 3.63) is 174 Å². The quantitative estimate of drug-likeness (QED) is 0.105. The molecule has 0 radical (unpaired) electrons. The molecule has 3 heterocycles. The van der Waals surface area contributed by atoms with E-state index < -0.39 is 69.0 Å². The zero-order chi connectivity index (χ0) is 51.8. The molecule has 0 fully saturated rings. The molecule has 72 heavy (non-hydrogen) atoms. The molecule has 2 unspecified atom stereocenters. The molecule has 0 saturated carbocycles. The first kappa shape index (κ1) is 47.9. The zero-order valence-electron chi connectivity index (χ0n) is 37.8. The molecular weight excluding hydrogens is 995 g/mol. The number of anilines is 3. The highest BCUT2D eigenvalue weighted by Gasteiger charge is 2.74. The van der Waals surface area contributed by atoms with E-state index in [1.165, 1.54) is 39.0 Å². The van der Waals surface area contributed by atoms with Gasteiger partial charge in [0.15, 0.2) is 0 Å². The summed E-state index contributed by atoms with van der Waals surface area (Å²) in [5.41, 5.74) is 15.2. The molecular formula is C51H39Cl3N6O12. The van der Waals surface area contributed by atoms with E-state index in [0.29, 0.717) is 31.8 Å². The number of rotatable bonds is 3. The lowest BCUT2D eigenvalue weighted by molar-refractivity contribution is -0.175. The van der Waals surface area contributed by atoms with Crippen LogP contribution in [0.25, 0.3) is 0 Å². The normalized spacial score (nSPS) is 26.4. The van der Waals surface area contributed by atoms with Crippen LogP contribution in [0.2, 0.25) is 15.1 Å². The maximum absolute atomic E-state index is 13.2. The summed E-state index contributed by atoms with van der Waals surface area (Å²) in [5, 5.41) is 42.9. The maximum Gasteiger partial charge on any atom is 0.271 e. The number of carbonyl (C=O) groups is 6. The van der Waals surface area contributed by atoms with Gasteiger partial charge in [-0.1, -0.05) is 89.4 Å². The SMILES string of the molecule is CC(=O)NC12C(=O)c3c(N)cccc3C1(O)Oc1cc(Cl)ccc12.CC(=O)N[C@@]12C(=O)c3c(N)cccc3[C@]1(O)Oc1cc(Cl)ccc12.CC(=O)N[C@]12C(=O)c3c(N)cccc3[C@@]1(O)Oc1cc(Cl)ccc12. The number of fused-ring (bicyclic) bond motifs is 15. The summed E-state index contributed by atoms with van der Waals surface area (Å²) in [4.78, 5) is 75.3. The van der Waals surface area contributed by atoms with Crippen LogP contribution in [0, 0.1) is 0 Å². The smallest absolute Gasteiger partial charge is 0.271 e. The number of carbonyl (C=O) groups excluding carboxylic acids is 6. The summed E-state index contributed by atoms with van der Waals surface area (Å²) in [6.45, 7) is 3.80. The van der Waals surface area contributed by atoms with Gasteiger partial charge in [0.25, 0.3) is 17.4 Å². The number of hydrogen-bond donors (Lipinski definition) is 9. The second kappa shape index (κ2) is 15.9. The van der Waals surface area contributed by atoms with E-state index in [9.17, 15) is 44.1 Å². The van der Waals surface area contributed by atoms with Crippen molar-refractivity contribution in [3.63, 3.8) is 0 Å². The standard InChI is InChI=1S/3C17H13ClN2O4/c3*1-8(21)20-16-10-6-5-9(18)7-13(10)24-17(16,23)11-3-2-4-12(19)14(11)15(16)22/h3*2-7,23H,19H2,1H3,(H,20,21)/t2*16-,17-;/m10./s1. The molecule has 12 N–H and O–H groups in total. The van der Waals surface area contributed by atoms with Crippen molar-refractivity contribution >= 4 is 86.9 Å². The minimum absolute atomic E-state index is 0.148. The highest BCUT2D eigenvalue weighted by molar-refractivity contribution is 6.31. The van der Waals surface area contributed by atoms with Crippen LogP contribution in [0.3, 0.4) is 0 Å². The molecule has 6 aromatic carbocycles. The summed E-state index contributed by atoms with van der Waals surface area (Å²) in [6.07, 6.45) is 0. The van der Waals surface area contributed by atoms with Gasteiger partial charge in [-0.3, -0.25) is 28.8 Å². The Balaban J connectivity index is 0.000000124. The van der Waals surface area contributed by atoms with E-state index >= 15 is 0 Å². The summed E-state index contributed by atoms with van der Waals surface area (Å²) in [7, 11) is 0. The lowest BCUT2D eigenvalue weighted by Crippen LogP contribution is -2.59. The number of ether oxygens (including phenoxy) is 3. The molecule has 6 atom stereocenters. The van der Waals surface area contributed by atoms with Gasteiger partial charge in [-0.05, 0) is 54.6 Å². The number of amides is 3. The fraction of sp³-hybridized carbons (Fsp3) is 0.176. The summed E-state index contributed by atoms with van der Waals surface area (Å²) < 4.78 is 17.2. The Morgan fingerprint density at radius 3 is 0.917 bits per heavy atom. The van der Waals surface area contributed by atoms with Crippen molar-refractivity contribution in [1.82, 2.24) is 16.0 Å². The number of nitrogens with two attached hydrogens (primary N) is 3. The predicted octanol–water partition coefficient (Wildman–Crippen LogP) is 5.06. The molecule has 0 bridgehead atoms. The average molecular weight is 1030 g/mol. The molecule has 3 aliphatic carbocycles. The van der Waals surface area contributed by atoms with Gasteiger partial charge in [0.2, 0.25) is 51.7 Å². The monoisotopic (exact) mass is 1030 g/mol. The largest absolute Gasteiger partial charge is 0.454 e. The number of halogens is 3. The van der Waals surface area contributed by atoms with E-state index in [1.807, 2.05) is 0 Å². The summed E-state index contributed by atoms with van der Waals surface area (Å²) in [5.74, 6) is -8.58. The first-order chi connectivity index (χ1) is 33.9. The Kier molecular flexibility index (Phi) is 10.6. The fourth-order valence-corrected chi connectivity index (χ4v) is 11.3. The van der Waals surface area contributed by atoms with Gasteiger partial charge in [-0.25, -0.2) is 0 Å². The molecule has 6 aliphatic rings. The van der Waals surface area contributed by atoms with Gasteiger partial charge in [0.05, 0.1) is 16.7 Å².